The van der Waals surface area contributed by atoms with Gasteiger partial charge in [-0.25, -0.2) is 0 Å². The Morgan fingerprint density at radius 1 is 1.31 bits per heavy atom. The molecule has 0 saturated heterocycles. The summed E-state index contributed by atoms with van der Waals surface area (Å²) in [7, 11) is 0. The first-order valence-corrected chi connectivity index (χ1v) is 4.59. The summed E-state index contributed by atoms with van der Waals surface area (Å²) >= 11 is 0. The van der Waals surface area contributed by atoms with Crippen LogP contribution in [-0.2, 0) is 16.6 Å². The zero-order valence-electron chi connectivity index (χ0n) is 7.21. The van der Waals surface area contributed by atoms with Gasteiger partial charge in [-0.15, -0.1) is 0 Å². The highest BCUT2D eigenvalue weighted by atomic mass is 16.3. The molecular formula is C11H10O2. The van der Waals surface area contributed by atoms with Crippen LogP contribution in [0.2, 0.25) is 0 Å². The molecule has 1 aromatic rings. The minimum absolute atomic E-state index is 0.263. The lowest BCUT2D eigenvalue weighted by atomic mass is 9.97. The maximum atomic E-state index is 11.7. The Labute approximate surface area is 76.2 Å². The summed E-state index contributed by atoms with van der Waals surface area (Å²) < 4.78 is 0. The van der Waals surface area contributed by atoms with E-state index in [2.05, 4.69) is 0 Å². The molecular weight excluding hydrogens is 164 g/mol. The van der Waals surface area contributed by atoms with E-state index in [1.807, 2.05) is 12.1 Å². The third-order valence-corrected chi connectivity index (χ3v) is 3.24. The Balaban J connectivity index is 2.30. The molecule has 13 heavy (non-hydrogen) atoms. The summed E-state index contributed by atoms with van der Waals surface area (Å²) in [5.41, 5.74) is 1.68. The van der Waals surface area contributed by atoms with Crippen molar-refractivity contribution >= 4 is 5.78 Å². The van der Waals surface area contributed by atoms with Gasteiger partial charge < -0.3 is 5.11 Å². The van der Waals surface area contributed by atoms with Crippen molar-refractivity contribution in [2.24, 2.45) is 0 Å². The molecule has 0 atom stereocenters. The molecule has 0 aliphatic heterocycles. The maximum absolute atomic E-state index is 11.7. The van der Waals surface area contributed by atoms with E-state index in [9.17, 15) is 9.90 Å². The van der Waals surface area contributed by atoms with Crippen molar-refractivity contribution in [1.82, 2.24) is 0 Å². The third kappa shape index (κ3) is 0.711. The fourth-order valence-corrected chi connectivity index (χ4v) is 2.42. The number of carbonyl (C=O) groups is 1. The molecule has 1 spiro atoms. The molecule has 1 saturated carbocycles. The number of hydrogen-bond donors (Lipinski definition) is 1. The van der Waals surface area contributed by atoms with Crippen LogP contribution in [0, 0.1) is 0 Å². The van der Waals surface area contributed by atoms with E-state index in [1.54, 1.807) is 6.07 Å². The molecule has 1 aromatic carbocycles. The predicted octanol–water partition coefficient (Wildman–Crippen LogP) is 1.55. The van der Waals surface area contributed by atoms with Crippen molar-refractivity contribution in [3.63, 3.8) is 0 Å². The summed E-state index contributed by atoms with van der Waals surface area (Å²) in [6.45, 7) is 0. The first-order chi connectivity index (χ1) is 6.24. The molecule has 1 fully saturated rings. The number of rotatable bonds is 0. The van der Waals surface area contributed by atoms with Crippen molar-refractivity contribution in [3.05, 3.63) is 29.3 Å². The van der Waals surface area contributed by atoms with Crippen LogP contribution in [-0.4, -0.2) is 10.9 Å². The molecule has 0 aromatic heterocycles. The molecule has 66 valence electrons. The van der Waals surface area contributed by atoms with E-state index < -0.39 is 0 Å². The number of aromatic hydroxyl groups is 1. The lowest BCUT2D eigenvalue weighted by Crippen LogP contribution is -2.13. The minimum atomic E-state index is -0.263. The number of hydrogen-bond acceptors (Lipinski definition) is 2. The number of benzene rings is 1. The highest BCUT2D eigenvalue weighted by Crippen LogP contribution is 2.57. The minimum Gasteiger partial charge on any atom is -0.508 e. The number of carbonyl (C=O) groups excluding carboxylic acids is 1. The van der Waals surface area contributed by atoms with Crippen molar-refractivity contribution in [2.75, 3.05) is 0 Å². The molecule has 2 aliphatic rings. The summed E-state index contributed by atoms with van der Waals surface area (Å²) in [6.07, 6.45) is 2.37. The van der Waals surface area contributed by atoms with Gasteiger partial charge in [0.1, 0.15) is 11.5 Å². The Hall–Kier alpha value is -1.31. The normalized spacial score (nSPS) is 22.0. The topological polar surface area (TPSA) is 37.3 Å². The molecule has 0 bridgehead atoms. The van der Waals surface area contributed by atoms with Gasteiger partial charge in [0, 0.05) is 12.0 Å². The van der Waals surface area contributed by atoms with E-state index >= 15 is 0 Å². The second-order valence-electron chi connectivity index (χ2n) is 3.99. The summed E-state index contributed by atoms with van der Waals surface area (Å²) in [6, 6.07) is 5.43. The average molecular weight is 174 g/mol. The van der Waals surface area contributed by atoms with Gasteiger partial charge in [0.2, 0.25) is 0 Å². The van der Waals surface area contributed by atoms with Crippen molar-refractivity contribution in [2.45, 2.75) is 24.7 Å². The molecule has 0 radical (unpaired) electrons. The molecule has 1 N–H and O–H groups in total. The summed E-state index contributed by atoms with van der Waals surface area (Å²) in [4.78, 5) is 11.7. The van der Waals surface area contributed by atoms with Crippen LogP contribution < -0.4 is 0 Å². The van der Waals surface area contributed by atoms with Gasteiger partial charge in [-0.05, 0) is 24.5 Å². The Morgan fingerprint density at radius 2 is 2.08 bits per heavy atom. The molecule has 0 heterocycles. The molecule has 2 heteroatoms. The van der Waals surface area contributed by atoms with Crippen LogP contribution >= 0.6 is 0 Å². The van der Waals surface area contributed by atoms with E-state index in [-0.39, 0.29) is 5.41 Å². The second-order valence-corrected chi connectivity index (χ2v) is 3.99. The van der Waals surface area contributed by atoms with Gasteiger partial charge in [-0.1, -0.05) is 12.1 Å². The zero-order chi connectivity index (χ0) is 9.05. The number of Topliss-reactive ketones (excluding diaryl/α,β-unsaturated/α-hetero) is 1. The van der Waals surface area contributed by atoms with E-state index in [0.29, 0.717) is 18.0 Å². The maximum Gasteiger partial charge on any atom is 0.147 e. The van der Waals surface area contributed by atoms with Crippen LogP contribution in [0.3, 0.4) is 0 Å². The lowest BCUT2D eigenvalue weighted by molar-refractivity contribution is -0.119. The van der Waals surface area contributed by atoms with E-state index in [0.717, 1.165) is 24.0 Å². The monoisotopic (exact) mass is 174 g/mol. The van der Waals surface area contributed by atoms with Gasteiger partial charge >= 0.3 is 0 Å². The molecule has 0 amide bonds. The largest absolute Gasteiger partial charge is 0.508 e. The Bertz CT molecular complexity index is 403. The molecule has 2 nitrogen and oxygen atoms in total. The Kier molecular flexibility index (Phi) is 1.07. The smallest absolute Gasteiger partial charge is 0.147 e. The van der Waals surface area contributed by atoms with Crippen molar-refractivity contribution in [1.29, 1.82) is 0 Å². The van der Waals surface area contributed by atoms with Crippen LogP contribution in [0.5, 0.6) is 5.75 Å². The summed E-state index contributed by atoms with van der Waals surface area (Å²) in [5.74, 6) is 0.602. The lowest BCUT2D eigenvalue weighted by Gasteiger charge is -2.07. The molecule has 0 unspecified atom stereocenters. The fraction of sp³-hybridized carbons (Fsp3) is 0.364. The Morgan fingerprint density at radius 3 is 2.77 bits per heavy atom. The van der Waals surface area contributed by atoms with E-state index in [4.69, 9.17) is 0 Å². The quantitative estimate of drug-likeness (QED) is 0.648. The van der Waals surface area contributed by atoms with Crippen LogP contribution in [0.25, 0.3) is 0 Å². The second kappa shape index (κ2) is 1.95. The fourth-order valence-electron chi connectivity index (χ4n) is 2.42. The van der Waals surface area contributed by atoms with Crippen molar-refractivity contribution in [3.8, 4) is 5.75 Å². The van der Waals surface area contributed by atoms with Gasteiger partial charge in [0.15, 0.2) is 0 Å². The zero-order valence-corrected chi connectivity index (χ0v) is 7.21. The van der Waals surface area contributed by atoms with Gasteiger partial charge in [-0.3, -0.25) is 4.79 Å². The average Bonchev–Trinajstić information content (AvgIpc) is 2.79. The van der Waals surface area contributed by atoms with Crippen molar-refractivity contribution < 1.29 is 9.90 Å². The highest BCUT2D eigenvalue weighted by Gasteiger charge is 2.56. The molecule has 3 rings (SSSR count). The predicted molar refractivity (Wildman–Crippen MR) is 47.7 cm³/mol. The number of phenolic OH excluding ortho intramolecular Hbond substituents is 1. The van der Waals surface area contributed by atoms with Gasteiger partial charge in [0.25, 0.3) is 0 Å². The molecule has 2 aliphatic carbocycles. The third-order valence-electron chi connectivity index (χ3n) is 3.24. The number of phenols is 1. The van der Waals surface area contributed by atoms with Gasteiger partial charge in [0.05, 0.1) is 5.41 Å². The van der Waals surface area contributed by atoms with Crippen LogP contribution in [0.1, 0.15) is 24.0 Å². The van der Waals surface area contributed by atoms with Gasteiger partial charge in [-0.2, -0.15) is 0 Å². The standard InChI is InChI=1S/C11H10O2/c12-8-3-1-2-7-6-9(13)11(4-5-11)10(7)8/h1-3,12H,4-6H2. The first-order valence-electron chi connectivity index (χ1n) is 4.59. The van der Waals surface area contributed by atoms with E-state index in [1.165, 1.54) is 0 Å². The highest BCUT2D eigenvalue weighted by molar-refractivity contribution is 6.00. The van der Waals surface area contributed by atoms with Crippen LogP contribution in [0.4, 0.5) is 0 Å². The summed E-state index contributed by atoms with van der Waals surface area (Å²) in [5, 5.41) is 9.67. The number of fused-ring (bicyclic) bond motifs is 2. The number of ketones is 1. The van der Waals surface area contributed by atoms with Crippen LogP contribution in [0.15, 0.2) is 18.2 Å². The SMILES string of the molecule is O=C1Cc2cccc(O)c2C12CC2. The first kappa shape index (κ1) is 7.13.